The number of anilines is 2. The van der Waals surface area contributed by atoms with Gasteiger partial charge in [0.2, 0.25) is 6.79 Å². The fourth-order valence-corrected chi connectivity index (χ4v) is 3.81. The van der Waals surface area contributed by atoms with E-state index in [1.54, 1.807) is 41.3 Å². The molecule has 0 radical (unpaired) electrons. The van der Waals surface area contributed by atoms with Crippen LogP contribution in [-0.2, 0) is 4.79 Å². The van der Waals surface area contributed by atoms with E-state index in [-0.39, 0.29) is 25.2 Å². The highest BCUT2D eigenvalue weighted by Crippen LogP contribution is 2.36. The van der Waals surface area contributed by atoms with Crippen LogP contribution in [-0.4, -0.2) is 38.4 Å². The fourth-order valence-electron chi connectivity index (χ4n) is 3.81. The van der Waals surface area contributed by atoms with E-state index in [4.69, 9.17) is 18.9 Å². The number of hydrogen-bond acceptors (Lipinski definition) is 6. The van der Waals surface area contributed by atoms with Gasteiger partial charge in [-0.25, -0.2) is 0 Å². The summed E-state index contributed by atoms with van der Waals surface area (Å²) < 4.78 is 22.0. The number of nitrogens with one attached hydrogen (secondary N) is 1. The second-order valence-electron chi connectivity index (χ2n) is 8.05. The third-order valence-corrected chi connectivity index (χ3v) is 5.61. The van der Waals surface area contributed by atoms with Crippen LogP contribution in [0.4, 0.5) is 11.4 Å². The van der Waals surface area contributed by atoms with Gasteiger partial charge in [0.05, 0.1) is 12.3 Å². The van der Waals surface area contributed by atoms with Gasteiger partial charge in [-0.1, -0.05) is 17.7 Å². The maximum Gasteiger partial charge on any atom is 0.265 e. The molecule has 3 aromatic rings. The quantitative estimate of drug-likeness (QED) is 0.533. The zero-order valence-corrected chi connectivity index (χ0v) is 18.7. The maximum absolute atomic E-state index is 12.8. The van der Waals surface area contributed by atoms with Crippen molar-refractivity contribution < 1.29 is 28.5 Å². The Morgan fingerprint density at radius 3 is 2.62 bits per heavy atom. The summed E-state index contributed by atoms with van der Waals surface area (Å²) in [7, 11) is 0. The Labute approximate surface area is 197 Å². The van der Waals surface area contributed by atoms with E-state index in [0.717, 1.165) is 5.75 Å². The Hall–Kier alpha value is -4.20. The number of fused-ring (bicyclic) bond motifs is 2. The van der Waals surface area contributed by atoms with E-state index in [1.807, 2.05) is 31.2 Å². The van der Waals surface area contributed by atoms with E-state index >= 15 is 0 Å². The topological polar surface area (TPSA) is 86.3 Å². The molecule has 0 saturated heterocycles. The summed E-state index contributed by atoms with van der Waals surface area (Å²) in [4.78, 5) is 27.0. The molecule has 0 unspecified atom stereocenters. The third kappa shape index (κ3) is 4.61. The zero-order valence-electron chi connectivity index (χ0n) is 18.7. The van der Waals surface area contributed by atoms with Crippen LogP contribution in [0.1, 0.15) is 22.3 Å². The molecule has 0 aromatic heterocycles. The molecule has 0 spiro atoms. The van der Waals surface area contributed by atoms with Gasteiger partial charge < -0.3 is 29.2 Å². The first-order valence-electron chi connectivity index (χ1n) is 11.0. The third-order valence-electron chi connectivity index (χ3n) is 5.61. The van der Waals surface area contributed by atoms with Gasteiger partial charge in [0, 0.05) is 17.8 Å². The van der Waals surface area contributed by atoms with Crippen molar-refractivity contribution in [1.82, 2.24) is 0 Å². The van der Waals surface area contributed by atoms with Crippen LogP contribution in [0.2, 0.25) is 0 Å². The molecule has 8 heteroatoms. The summed E-state index contributed by atoms with van der Waals surface area (Å²) >= 11 is 0. The summed E-state index contributed by atoms with van der Waals surface area (Å²) in [6, 6.07) is 18.1. The molecular formula is C26H24N2O6. The molecular weight excluding hydrogens is 436 g/mol. The summed E-state index contributed by atoms with van der Waals surface area (Å²) in [5.41, 5.74) is 2.79. The van der Waals surface area contributed by atoms with Crippen molar-refractivity contribution in [2.24, 2.45) is 0 Å². The van der Waals surface area contributed by atoms with Gasteiger partial charge in [0.1, 0.15) is 11.5 Å². The fraction of sp³-hybridized carbons (Fsp3) is 0.231. The molecule has 0 fully saturated rings. The molecule has 174 valence electrons. The molecule has 34 heavy (non-hydrogen) atoms. The van der Waals surface area contributed by atoms with Crippen molar-refractivity contribution in [3.05, 3.63) is 71.8 Å². The molecule has 0 saturated carbocycles. The molecule has 3 aromatic carbocycles. The number of benzene rings is 3. The van der Waals surface area contributed by atoms with Crippen LogP contribution in [0, 0.1) is 6.92 Å². The van der Waals surface area contributed by atoms with E-state index in [9.17, 15) is 9.59 Å². The number of aryl methyl sites for hydroxylation is 1. The van der Waals surface area contributed by atoms with Gasteiger partial charge in [0.25, 0.3) is 11.8 Å². The molecule has 1 N–H and O–H groups in total. The lowest BCUT2D eigenvalue weighted by molar-refractivity contribution is -0.121. The van der Waals surface area contributed by atoms with Crippen LogP contribution < -0.4 is 29.2 Å². The van der Waals surface area contributed by atoms with Crippen molar-refractivity contribution in [2.45, 2.75) is 13.3 Å². The van der Waals surface area contributed by atoms with Crippen LogP contribution in [0.25, 0.3) is 0 Å². The number of carbonyl (C=O) groups excluding carboxylic acids is 2. The SMILES string of the molecule is Cc1ccc(OCCCN2C(=O)COc3ccc(NC(=O)c4ccc5c(c4)OCO5)cc32)cc1. The Balaban J connectivity index is 1.25. The second-order valence-corrected chi connectivity index (χ2v) is 8.05. The summed E-state index contributed by atoms with van der Waals surface area (Å²) in [6.45, 7) is 3.10. The minimum atomic E-state index is -0.292. The molecule has 5 rings (SSSR count). The van der Waals surface area contributed by atoms with E-state index in [2.05, 4.69) is 5.32 Å². The minimum Gasteiger partial charge on any atom is -0.494 e. The Morgan fingerprint density at radius 2 is 1.76 bits per heavy atom. The minimum absolute atomic E-state index is 0.0191. The highest BCUT2D eigenvalue weighted by molar-refractivity contribution is 6.05. The Bertz CT molecular complexity index is 1220. The molecule has 0 bridgehead atoms. The predicted molar refractivity (Wildman–Crippen MR) is 126 cm³/mol. The van der Waals surface area contributed by atoms with Crippen LogP contribution >= 0.6 is 0 Å². The molecule has 2 aliphatic heterocycles. The van der Waals surface area contributed by atoms with Crippen LogP contribution in [0.5, 0.6) is 23.0 Å². The van der Waals surface area contributed by atoms with Gasteiger partial charge in [-0.3, -0.25) is 9.59 Å². The normalized spacial score (nSPS) is 13.8. The van der Waals surface area contributed by atoms with E-state index in [0.29, 0.717) is 53.8 Å². The largest absolute Gasteiger partial charge is 0.494 e. The Kier molecular flexibility index (Phi) is 5.95. The smallest absolute Gasteiger partial charge is 0.265 e. The molecule has 0 aliphatic carbocycles. The van der Waals surface area contributed by atoms with Crippen LogP contribution in [0.15, 0.2) is 60.7 Å². The number of hydrogen-bond donors (Lipinski definition) is 1. The van der Waals surface area contributed by atoms with Crippen molar-refractivity contribution in [2.75, 3.05) is 36.8 Å². The molecule has 0 atom stereocenters. The molecule has 2 heterocycles. The van der Waals surface area contributed by atoms with Crippen molar-refractivity contribution >= 4 is 23.2 Å². The average molecular weight is 460 g/mol. The first-order chi connectivity index (χ1) is 16.6. The average Bonchev–Trinajstić information content (AvgIpc) is 3.32. The molecule has 2 aliphatic rings. The van der Waals surface area contributed by atoms with Gasteiger partial charge in [-0.15, -0.1) is 0 Å². The standard InChI is InChI=1S/C26H24N2O6/c1-17-3-7-20(8-4-17)31-12-2-11-28-21-14-19(6-10-22(21)32-15-25(28)29)27-26(30)18-5-9-23-24(13-18)34-16-33-23/h3-10,13-14H,2,11-12,15-16H2,1H3,(H,27,30). The van der Waals surface area contributed by atoms with Crippen molar-refractivity contribution in [3.63, 3.8) is 0 Å². The van der Waals surface area contributed by atoms with Gasteiger partial charge in [-0.05, 0) is 61.9 Å². The first-order valence-corrected chi connectivity index (χ1v) is 11.0. The number of carbonyl (C=O) groups is 2. The number of ether oxygens (including phenoxy) is 4. The lowest BCUT2D eigenvalue weighted by atomic mass is 10.1. The monoisotopic (exact) mass is 460 g/mol. The highest BCUT2D eigenvalue weighted by atomic mass is 16.7. The first kappa shape index (κ1) is 21.6. The van der Waals surface area contributed by atoms with E-state index in [1.165, 1.54) is 5.56 Å². The predicted octanol–water partition coefficient (Wildman–Crippen LogP) is 4.17. The Morgan fingerprint density at radius 1 is 0.971 bits per heavy atom. The van der Waals surface area contributed by atoms with E-state index < -0.39 is 0 Å². The van der Waals surface area contributed by atoms with Crippen LogP contribution in [0.3, 0.4) is 0 Å². The number of rotatable bonds is 7. The highest BCUT2D eigenvalue weighted by Gasteiger charge is 2.26. The molecule has 2 amide bonds. The van der Waals surface area contributed by atoms with Gasteiger partial charge in [0.15, 0.2) is 18.1 Å². The molecule has 8 nitrogen and oxygen atoms in total. The van der Waals surface area contributed by atoms with Gasteiger partial charge >= 0.3 is 0 Å². The van der Waals surface area contributed by atoms with Crippen molar-refractivity contribution in [1.29, 1.82) is 0 Å². The zero-order chi connectivity index (χ0) is 23.5. The number of amides is 2. The lowest BCUT2D eigenvalue weighted by Crippen LogP contribution is -2.39. The summed E-state index contributed by atoms with van der Waals surface area (Å²) in [5.74, 6) is 2.12. The summed E-state index contributed by atoms with van der Waals surface area (Å²) in [6.07, 6.45) is 0.646. The van der Waals surface area contributed by atoms with Crippen molar-refractivity contribution in [3.8, 4) is 23.0 Å². The second kappa shape index (κ2) is 9.35. The number of nitrogens with zero attached hydrogens (tertiary/aromatic N) is 1. The van der Waals surface area contributed by atoms with Gasteiger partial charge in [-0.2, -0.15) is 0 Å². The summed E-state index contributed by atoms with van der Waals surface area (Å²) in [5, 5.41) is 2.87. The maximum atomic E-state index is 12.8. The lowest BCUT2D eigenvalue weighted by Gasteiger charge is -2.30.